The number of aryl methyl sites for hydroxylation is 4. The molecule has 0 bridgehead atoms. The zero-order chi connectivity index (χ0) is 25.8. The van der Waals surface area contributed by atoms with Gasteiger partial charge in [0.05, 0.1) is 11.4 Å². The molecule has 192 valence electrons. The number of hydrogen-bond donors (Lipinski definition) is 3. The molecule has 0 spiro atoms. The summed E-state index contributed by atoms with van der Waals surface area (Å²) in [5.41, 5.74) is 6.08. The third-order valence-corrected chi connectivity index (χ3v) is 8.18. The summed E-state index contributed by atoms with van der Waals surface area (Å²) in [6, 6.07) is 4.10. The van der Waals surface area contributed by atoms with Gasteiger partial charge in [-0.15, -0.1) is 11.3 Å². The van der Waals surface area contributed by atoms with Crippen molar-refractivity contribution in [3.8, 4) is 5.75 Å². The number of aliphatic carboxylic acids is 1. The summed E-state index contributed by atoms with van der Waals surface area (Å²) >= 11 is 1.71. The van der Waals surface area contributed by atoms with Crippen molar-refractivity contribution in [2.75, 3.05) is 19.7 Å². The van der Waals surface area contributed by atoms with Crippen molar-refractivity contribution in [3.05, 3.63) is 49.7 Å². The number of carboxylic acid groups (broad SMARTS) is 1. The SMILES string of the molecule is CCc1sc(C(=O)CCc2cc(C)c(OCC(O)CNCC(=O)O)c(C)c2)c2c1CC(C)(C)CC2. The fraction of sp³-hybridized carbons (Fsp3) is 0.571. The Morgan fingerprint density at radius 3 is 2.51 bits per heavy atom. The monoisotopic (exact) mass is 501 g/mol. The van der Waals surface area contributed by atoms with Gasteiger partial charge >= 0.3 is 5.97 Å². The molecule has 1 aliphatic carbocycles. The Hall–Kier alpha value is -2.22. The summed E-state index contributed by atoms with van der Waals surface area (Å²) in [5, 5.41) is 21.4. The first kappa shape index (κ1) is 27.4. The lowest BCUT2D eigenvalue weighted by Crippen LogP contribution is -2.34. The number of aliphatic hydroxyl groups is 1. The molecule has 1 heterocycles. The average Bonchev–Trinajstić information content (AvgIpc) is 3.13. The van der Waals surface area contributed by atoms with Gasteiger partial charge in [0.2, 0.25) is 0 Å². The number of aliphatic hydroxyl groups excluding tert-OH is 1. The van der Waals surface area contributed by atoms with Crippen LogP contribution < -0.4 is 10.1 Å². The first-order chi connectivity index (χ1) is 16.5. The predicted molar refractivity (Wildman–Crippen MR) is 140 cm³/mol. The number of ether oxygens (including phenoxy) is 1. The molecule has 1 atom stereocenters. The van der Waals surface area contributed by atoms with E-state index >= 15 is 0 Å². The van der Waals surface area contributed by atoms with Crippen molar-refractivity contribution in [2.45, 2.75) is 79.2 Å². The molecule has 1 aromatic carbocycles. The van der Waals surface area contributed by atoms with Crippen LogP contribution in [-0.2, 0) is 30.5 Å². The minimum absolute atomic E-state index is 0.0756. The number of rotatable bonds is 12. The second kappa shape index (κ2) is 11.7. The highest BCUT2D eigenvalue weighted by atomic mass is 32.1. The molecule has 0 saturated heterocycles. The van der Waals surface area contributed by atoms with Gasteiger partial charge in [-0.05, 0) is 79.2 Å². The van der Waals surface area contributed by atoms with Gasteiger partial charge in [-0.2, -0.15) is 0 Å². The summed E-state index contributed by atoms with van der Waals surface area (Å²) in [6.07, 6.45) is 4.56. The molecule has 0 amide bonds. The van der Waals surface area contributed by atoms with Gasteiger partial charge in [0.15, 0.2) is 5.78 Å². The van der Waals surface area contributed by atoms with E-state index in [2.05, 4.69) is 38.2 Å². The van der Waals surface area contributed by atoms with Gasteiger partial charge < -0.3 is 20.3 Å². The highest BCUT2D eigenvalue weighted by molar-refractivity contribution is 7.14. The Balaban J connectivity index is 1.61. The summed E-state index contributed by atoms with van der Waals surface area (Å²) in [7, 11) is 0. The number of hydrogen-bond acceptors (Lipinski definition) is 6. The molecule has 3 N–H and O–H groups in total. The van der Waals surface area contributed by atoms with Crippen LogP contribution >= 0.6 is 11.3 Å². The minimum Gasteiger partial charge on any atom is -0.490 e. The maximum atomic E-state index is 13.2. The molecule has 1 unspecified atom stereocenters. The van der Waals surface area contributed by atoms with Crippen molar-refractivity contribution in [3.63, 3.8) is 0 Å². The van der Waals surface area contributed by atoms with Crippen LogP contribution in [0.4, 0.5) is 0 Å². The zero-order valence-corrected chi connectivity index (χ0v) is 22.4. The van der Waals surface area contributed by atoms with Gasteiger partial charge in [-0.25, -0.2) is 0 Å². The van der Waals surface area contributed by atoms with E-state index in [0.717, 1.165) is 53.0 Å². The number of carbonyl (C=O) groups is 2. The van der Waals surface area contributed by atoms with Crippen LogP contribution in [0.15, 0.2) is 12.1 Å². The van der Waals surface area contributed by atoms with Crippen LogP contribution in [0.5, 0.6) is 5.75 Å². The number of Topliss-reactive ketones (excluding diaryl/α,β-unsaturated/α-hetero) is 1. The average molecular weight is 502 g/mol. The van der Waals surface area contributed by atoms with Gasteiger partial charge in [0.1, 0.15) is 18.5 Å². The smallest absolute Gasteiger partial charge is 0.317 e. The van der Waals surface area contributed by atoms with Crippen LogP contribution in [0.2, 0.25) is 0 Å². The number of fused-ring (bicyclic) bond motifs is 1. The Morgan fingerprint density at radius 2 is 1.89 bits per heavy atom. The molecule has 6 nitrogen and oxygen atoms in total. The third kappa shape index (κ3) is 7.15. The van der Waals surface area contributed by atoms with Crippen LogP contribution in [-0.4, -0.2) is 47.8 Å². The minimum atomic E-state index is -0.965. The van der Waals surface area contributed by atoms with Crippen molar-refractivity contribution in [1.82, 2.24) is 5.32 Å². The van der Waals surface area contributed by atoms with E-state index in [0.29, 0.717) is 18.3 Å². The second-order valence-corrected chi connectivity index (χ2v) is 11.6. The Labute approximate surface area is 212 Å². The fourth-order valence-electron chi connectivity index (χ4n) is 4.93. The quantitative estimate of drug-likeness (QED) is 0.366. The molecular formula is C28H39NO5S. The largest absolute Gasteiger partial charge is 0.490 e. The van der Waals surface area contributed by atoms with Crippen LogP contribution in [0.25, 0.3) is 0 Å². The molecular weight excluding hydrogens is 462 g/mol. The predicted octanol–water partition coefficient (Wildman–Crippen LogP) is 4.67. The van der Waals surface area contributed by atoms with E-state index < -0.39 is 12.1 Å². The van der Waals surface area contributed by atoms with Crippen molar-refractivity contribution in [1.29, 1.82) is 0 Å². The highest BCUT2D eigenvalue weighted by Crippen LogP contribution is 2.42. The van der Waals surface area contributed by atoms with Crippen LogP contribution in [0.3, 0.4) is 0 Å². The maximum absolute atomic E-state index is 13.2. The summed E-state index contributed by atoms with van der Waals surface area (Å²) in [6.45, 7) is 10.8. The molecule has 0 radical (unpaired) electrons. The Bertz CT molecular complexity index is 1050. The first-order valence-corrected chi connectivity index (χ1v) is 13.3. The van der Waals surface area contributed by atoms with E-state index in [1.807, 2.05) is 13.8 Å². The standard InChI is InChI=1S/C28H39NO5S/c1-6-24-22-13-28(4,5)10-9-21(22)27(35-24)23(31)8-7-19-11-17(2)26(18(3)12-19)34-16-20(30)14-29-15-25(32)33/h11-12,20,29-30H,6-10,13-16H2,1-5H3,(H,32,33). The number of thiophene rings is 1. The number of ketones is 1. The maximum Gasteiger partial charge on any atom is 0.317 e. The van der Waals surface area contributed by atoms with E-state index in [9.17, 15) is 14.7 Å². The van der Waals surface area contributed by atoms with Gasteiger partial charge in [-0.1, -0.05) is 32.9 Å². The lowest BCUT2D eigenvalue weighted by atomic mass is 9.74. The molecule has 1 aromatic heterocycles. The first-order valence-electron chi connectivity index (χ1n) is 12.5. The van der Waals surface area contributed by atoms with Crippen molar-refractivity contribution >= 4 is 23.1 Å². The molecule has 3 rings (SSSR count). The number of carboxylic acids is 1. The van der Waals surface area contributed by atoms with E-state index in [-0.39, 0.29) is 25.5 Å². The second-order valence-electron chi connectivity index (χ2n) is 10.5. The highest BCUT2D eigenvalue weighted by Gasteiger charge is 2.31. The Morgan fingerprint density at radius 1 is 1.20 bits per heavy atom. The zero-order valence-electron chi connectivity index (χ0n) is 21.6. The molecule has 35 heavy (non-hydrogen) atoms. The van der Waals surface area contributed by atoms with Crippen molar-refractivity contribution in [2.24, 2.45) is 5.41 Å². The molecule has 7 heteroatoms. The molecule has 0 fully saturated rings. The number of carbonyl (C=O) groups excluding carboxylic acids is 1. The fourth-order valence-corrected chi connectivity index (χ4v) is 6.20. The number of nitrogens with one attached hydrogen (secondary N) is 1. The van der Waals surface area contributed by atoms with E-state index in [4.69, 9.17) is 9.84 Å². The molecule has 0 aliphatic heterocycles. The lowest BCUT2D eigenvalue weighted by Gasteiger charge is -2.30. The molecule has 0 saturated carbocycles. The summed E-state index contributed by atoms with van der Waals surface area (Å²) < 4.78 is 5.83. The molecule has 2 aromatic rings. The van der Waals surface area contributed by atoms with Crippen molar-refractivity contribution < 1.29 is 24.5 Å². The lowest BCUT2D eigenvalue weighted by molar-refractivity contribution is -0.136. The normalized spacial score (nSPS) is 15.5. The topological polar surface area (TPSA) is 95.9 Å². The summed E-state index contributed by atoms with van der Waals surface area (Å²) in [4.78, 5) is 26.2. The van der Waals surface area contributed by atoms with E-state index in [1.54, 1.807) is 11.3 Å². The van der Waals surface area contributed by atoms with Crippen LogP contribution in [0, 0.1) is 19.3 Å². The molecule has 1 aliphatic rings. The van der Waals surface area contributed by atoms with Gasteiger partial charge in [0.25, 0.3) is 0 Å². The third-order valence-electron chi connectivity index (χ3n) is 6.72. The van der Waals surface area contributed by atoms with Gasteiger partial charge in [0, 0.05) is 17.8 Å². The van der Waals surface area contributed by atoms with Gasteiger partial charge in [-0.3, -0.25) is 9.59 Å². The summed E-state index contributed by atoms with van der Waals surface area (Å²) in [5.74, 6) is 0.00533. The number of benzene rings is 1. The van der Waals surface area contributed by atoms with E-state index in [1.165, 1.54) is 16.0 Å². The Kier molecular flexibility index (Phi) is 9.13. The van der Waals surface area contributed by atoms with Crippen LogP contribution in [0.1, 0.15) is 76.0 Å².